The number of nitrogens with zero attached hydrogens (tertiary/aromatic N) is 1. The van der Waals surface area contributed by atoms with Gasteiger partial charge < -0.3 is 5.21 Å². The highest BCUT2D eigenvalue weighted by Gasteiger charge is 1.98. The maximum Gasteiger partial charge on any atom is 0.181 e. The molecule has 0 amide bonds. The molecule has 0 saturated carbocycles. The van der Waals surface area contributed by atoms with E-state index < -0.39 is 0 Å². The van der Waals surface area contributed by atoms with Crippen molar-refractivity contribution in [2.45, 2.75) is 6.42 Å². The molecule has 0 spiro atoms. The summed E-state index contributed by atoms with van der Waals surface area (Å²) >= 11 is 5.78. The van der Waals surface area contributed by atoms with E-state index in [4.69, 9.17) is 11.6 Å². The predicted molar refractivity (Wildman–Crippen MR) is 75.3 cm³/mol. The minimum absolute atomic E-state index is 0.451. The molecule has 2 nitrogen and oxygen atoms in total. The first-order chi connectivity index (χ1) is 8.74. The lowest BCUT2D eigenvalue weighted by Crippen LogP contribution is -2.10. The Kier molecular flexibility index (Phi) is 4.37. The Hall–Kier alpha value is -1.80. The maximum atomic E-state index is 11.7. The predicted octanol–water partition coefficient (Wildman–Crippen LogP) is 3.51. The first kappa shape index (κ1) is 12.7. The van der Waals surface area contributed by atoms with Gasteiger partial charge in [0.2, 0.25) is 0 Å². The van der Waals surface area contributed by atoms with E-state index in [0.29, 0.717) is 11.6 Å². The van der Waals surface area contributed by atoms with Crippen LogP contribution in [0.4, 0.5) is 0 Å². The average Bonchev–Trinajstić information content (AvgIpc) is 2.40. The van der Waals surface area contributed by atoms with Crippen LogP contribution in [0.15, 0.2) is 54.6 Å². The quantitative estimate of drug-likeness (QED) is 0.357. The Balaban J connectivity index is 1.95. The molecule has 2 rings (SSSR count). The van der Waals surface area contributed by atoms with Gasteiger partial charge in [-0.2, -0.15) is 0 Å². The van der Waals surface area contributed by atoms with Crippen molar-refractivity contribution in [3.63, 3.8) is 0 Å². The van der Waals surface area contributed by atoms with Crippen LogP contribution in [-0.4, -0.2) is 17.5 Å². The van der Waals surface area contributed by atoms with Gasteiger partial charge in [-0.1, -0.05) is 41.9 Å². The van der Waals surface area contributed by atoms with E-state index in [1.54, 1.807) is 18.3 Å². The summed E-state index contributed by atoms with van der Waals surface area (Å²) in [6, 6.07) is 17.2. The van der Waals surface area contributed by atoms with Gasteiger partial charge in [0.1, 0.15) is 0 Å². The smallest absolute Gasteiger partial charge is 0.181 e. The molecular formula is C15H14ClNO. The molecule has 0 unspecified atom stereocenters. The highest BCUT2D eigenvalue weighted by atomic mass is 35.5. The van der Waals surface area contributed by atoms with Gasteiger partial charge in [0.05, 0.1) is 0 Å². The van der Waals surface area contributed by atoms with Crippen molar-refractivity contribution in [2.75, 3.05) is 6.54 Å². The van der Waals surface area contributed by atoms with Gasteiger partial charge in [0.15, 0.2) is 12.8 Å². The van der Waals surface area contributed by atoms with Crippen LogP contribution in [0.1, 0.15) is 11.1 Å². The SMILES string of the molecule is [O-]/[N+](=C/c1ccc(Cl)cc1)CCc1ccccc1. The second-order valence-corrected chi connectivity index (χ2v) is 4.49. The molecule has 2 aromatic carbocycles. The zero-order chi connectivity index (χ0) is 12.8. The molecule has 0 heterocycles. The van der Waals surface area contributed by atoms with E-state index in [-0.39, 0.29) is 0 Å². The first-order valence-electron chi connectivity index (χ1n) is 5.82. The monoisotopic (exact) mass is 259 g/mol. The summed E-state index contributed by atoms with van der Waals surface area (Å²) in [4.78, 5) is 0. The number of rotatable bonds is 4. The molecular weight excluding hydrogens is 246 g/mol. The highest BCUT2D eigenvalue weighted by molar-refractivity contribution is 6.30. The van der Waals surface area contributed by atoms with Crippen molar-refractivity contribution in [3.8, 4) is 0 Å². The fourth-order valence-electron chi connectivity index (χ4n) is 1.66. The van der Waals surface area contributed by atoms with Crippen molar-refractivity contribution in [2.24, 2.45) is 0 Å². The van der Waals surface area contributed by atoms with Crippen LogP contribution in [0.5, 0.6) is 0 Å². The summed E-state index contributed by atoms with van der Waals surface area (Å²) in [5, 5.41) is 12.4. The van der Waals surface area contributed by atoms with Crippen LogP contribution in [0, 0.1) is 5.21 Å². The Bertz CT molecular complexity index is 520. The zero-order valence-electron chi connectivity index (χ0n) is 9.92. The number of hydrogen-bond acceptors (Lipinski definition) is 1. The Morgan fingerprint density at radius 2 is 1.67 bits per heavy atom. The first-order valence-corrected chi connectivity index (χ1v) is 6.20. The second-order valence-electron chi connectivity index (χ2n) is 4.06. The third-order valence-corrected chi connectivity index (χ3v) is 2.88. The molecule has 0 N–H and O–H groups in total. The number of halogens is 1. The lowest BCUT2D eigenvalue weighted by atomic mass is 10.1. The van der Waals surface area contributed by atoms with Gasteiger partial charge >= 0.3 is 0 Å². The lowest BCUT2D eigenvalue weighted by molar-refractivity contribution is -0.451. The average molecular weight is 260 g/mol. The largest absolute Gasteiger partial charge is 0.624 e. The summed E-state index contributed by atoms with van der Waals surface area (Å²) in [7, 11) is 0. The Morgan fingerprint density at radius 3 is 2.33 bits per heavy atom. The summed E-state index contributed by atoms with van der Waals surface area (Å²) < 4.78 is 0.955. The van der Waals surface area contributed by atoms with Gasteiger partial charge in [0.25, 0.3) is 0 Å². The number of hydroxylamine groups is 1. The van der Waals surface area contributed by atoms with Crippen LogP contribution in [-0.2, 0) is 6.42 Å². The van der Waals surface area contributed by atoms with Crippen LogP contribution < -0.4 is 0 Å². The molecule has 18 heavy (non-hydrogen) atoms. The third kappa shape index (κ3) is 3.90. The van der Waals surface area contributed by atoms with E-state index in [2.05, 4.69) is 0 Å². The highest BCUT2D eigenvalue weighted by Crippen LogP contribution is 2.08. The molecule has 0 atom stereocenters. The molecule has 0 aliphatic heterocycles. The minimum Gasteiger partial charge on any atom is -0.624 e. The summed E-state index contributed by atoms with van der Waals surface area (Å²) in [5.41, 5.74) is 2.03. The molecule has 0 aromatic heterocycles. The molecule has 92 valence electrons. The molecule has 0 radical (unpaired) electrons. The van der Waals surface area contributed by atoms with Crippen LogP contribution >= 0.6 is 11.6 Å². The van der Waals surface area contributed by atoms with E-state index in [1.807, 2.05) is 42.5 Å². The van der Waals surface area contributed by atoms with Crippen LogP contribution in [0.25, 0.3) is 0 Å². The Labute approximate surface area is 112 Å². The second kappa shape index (κ2) is 6.22. The van der Waals surface area contributed by atoms with Crippen molar-refractivity contribution < 1.29 is 4.74 Å². The number of hydrogen-bond donors (Lipinski definition) is 0. The molecule has 0 aliphatic carbocycles. The fraction of sp³-hybridized carbons (Fsp3) is 0.133. The normalized spacial score (nSPS) is 11.5. The standard InChI is InChI=1S/C15H14ClNO/c16-15-8-6-14(7-9-15)12-17(18)11-10-13-4-2-1-3-5-13/h1-9,12H,10-11H2/b17-12+. The summed E-state index contributed by atoms with van der Waals surface area (Å²) in [5.74, 6) is 0. The minimum atomic E-state index is 0.451. The van der Waals surface area contributed by atoms with Crippen molar-refractivity contribution in [1.29, 1.82) is 0 Å². The summed E-state index contributed by atoms with van der Waals surface area (Å²) in [6.07, 6.45) is 2.33. The molecule has 2 aromatic rings. The van der Waals surface area contributed by atoms with E-state index in [1.165, 1.54) is 5.56 Å². The fourth-order valence-corrected chi connectivity index (χ4v) is 1.79. The number of benzene rings is 2. The van der Waals surface area contributed by atoms with Gasteiger partial charge in [-0.25, -0.2) is 4.74 Å². The Morgan fingerprint density at radius 1 is 1.00 bits per heavy atom. The molecule has 0 aliphatic rings. The van der Waals surface area contributed by atoms with Gasteiger partial charge in [-0.3, -0.25) is 0 Å². The van der Waals surface area contributed by atoms with Gasteiger partial charge in [-0.05, 0) is 29.8 Å². The van der Waals surface area contributed by atoms with E-state index in [9.17, 15) is 5.21 Å². The maximum absolute atomic E-state index is 11.7. The third-order valence-electron chi connectivity index (χ3n) is 2.63. The van der Waals surface area contributed by atoms with Gasteiger partial charge in [-0.15, -0.1) is 0 Å². The molecule has 0 saturated heterocycles. The lowest BCUT2D eigenvalue weighted by Gasteiger charge is -2.04. The topological polar surface area (TPSA) is 26.1 Å². The molecule has 3 heteroatoms. The van der Waals surface area contributed by atoms with E-state index >= 15 is 0 Å². The van der Waals surface area contributed by atoms with E-state index in [0.717, 1.165) is 16.7 Å². The van der Waals surface area contributed by atoms with Crippen molar-refractivity contribution >= 4 is 17.8 Å². The van der Waals surface area contributed by atoms with Crippen LogP contribution in [0.2, 0.25) is 5.02 Å². The zero-order valence-corrected chi connectivity index (χ0v) is 10.7. The van der Waals surface area contributed by atoms with Crippen molar-refractivity contribution in [3.05, 3.63) is 76.0 Å². The molecule has 0 fully saturated rings. The van der Waals surface area contributed by atoms with Gasteiger partial charge in [0, 0.05) is 17.0 Å². The van der Waals surface area contributed by atoms with Crippen LogP contribution in [0.3, 0.4) is 0 Å². The van der Waals surface area contributed by atoms with Crippen molar-refractivity contribution in [1.82, 2.24) is 0 Å². The summed E-state index contributed by atoms with van der Waals surface area (Å²) in [6.45, 7) is 0.451. The molecule has 0 bridgehead atoms.